The highest BCUT2D eigenvalue weighted by Crippen LogP contribution is 2.52. The van der Waals surface area contributed by atoms with Crippen molar-refractivity contribution in [2.45, 2.75) is 44.9 Å². The van der Waals surface area contributed by atoms with E-state index in [0.29, 0.717) is 5.56 Å². The van der Waals surface area contributed by atoms with Gasteiger partial charge in [-0.15, -0.1) is 11.3 Å². The Kier molecular flexibility index (Phi) is 5.27. The quantitative estimate of drug-likeness (QED) is 0.730. The highest BCUT2D eigenvalue weighted by Gasteiger charge is 2.71. The molecular formula is C23H21F3N2O3S. The van der Waals surface area contributed by atoms with Crippen LogP contribution in [0.2, 0.25) is 0 Å². The summed E-state index contributed by atoms with van der Waals surface area (Å²) in [7, 11) is 0. The number of nitrogens with one attached hydrogen (secondary N) is 1. The van der Waals surface area contributed by atoms with Crippen molar-refractivity contribution in [1.29, 1.82) is 0 Å². The van der Waals surface area contributed by atoms with Gasteiger partial charge < -0.3 is 10.2 Å². The van der Waals surface area contributed by atoms with Crippen molar-refractivity contribution in [3.05, 3.63) is 69.6 Å². The second-order valence-electron chi connectivity index (χ2n) is 8.82. The van der Waals surface area contributed by atoms with Gasteiger partial charge in [-0.25, -0.2) is 0 Å². The minimum Gasteiger partial charge on any atom is -0.326 e. The molecule has 1 aromatic heterocycles. The van der Waals surface area contributed by atoms with Gasteiger partial charge in [-0.05, 0) is 28.8 Å². The molecule has 2 aliphatic rings. The summed E-state index contributed by atoms with van der Waals surface area (Å²) >= 11 is 0.953. The number of hydrogen-bond donors (Lipinski definition) is 1. The predicted molar refractivity (Wildman–Crippen MR) is 113 cm³/mol. The Labute approximate surface area is 186 Å². The molecule has 0 radical (unpaired) electrons. The smallest absolute Gasteiger partial charge is 0.326 e. The van der Waals surface area contributed by atoms with Gasteiger partial charge in [0.1, 0.15) is 0 Å². The number of ketones is 1. The zero-order valence-corrected chi connectivity index (χ0v) is 18.3. The first-order valence-electron chi connectivity index (χ1n) is 10.0. The van der Waals surface area contributed by atoms with E-state index in [9.17, 15) is 27.6 Å². The minimum absolute atomic E-state index is 0.0219. The fourth-order valence-electron chi connectivity index (χ4n) is 4.40. The van der Waals surface area contributed by atoms with Crippen molar-refractivity contribution in [2.24, 2.45) is 5.41 Å². The fourth-order valence-corrected chi connectivity index (χ4v) is 5.02. The number of amides is 2. The summed E-state index contributed by atoms with van der Waals surface area (Å²) in [5.74, 6) is -3.17. The van der Waals surface area contributed by atoms with Crippen LogP contribution in [-0.4, -0.2) is 34.2 Å². The molecule has 0 unspecified atom stereocenters. The molecule has 9 heteroatoms. The molecule has 1 aliphatic heterocycles. The highest BCUT2D eigenvalue weighted by atomic mass is 32.1. The van der Waals surface area contributed by atoms with Gasteiger partial charge in [0.05, 0.1) is 17.0 Å². The summed E-state index contributed by atoms with van der Waals surface area (Å²) in [4.78, 5) is 40.4. The average molecular weight is 462 g/mol. The summed E-state index contributed by atoms with van der Waals surface area (Å²) in [6.45, 7) is 3.42. The molecule has 1 atom stereocenters. The molecule has 5 nitrogen and oxygen atoms in total. The summed E-state index contributed by atoms with van der Waals surface area (Å²) in [6.07, 6.45) is -5.25. The molecule has 32 heavy (non-hydrogen) atoms. The number of halogens is 3. The molecule has 0 saturated carbocycles. The van der Waals surface area contributed by atoms with E-state index < -0.39 is 40.3 Å². The number of carbonyl (C=O) groups excluding carboxylic acids is 3. The zero-order chi connectivity index (χ0) is 23.3. The van der Waals surface area contributed by atoms with Crippen molar-refractivity contribution in [3.8, 4) is 0 Å². The van der Waals surface area contributed by atoms with Gasteiger partial charge in [-0.3, -0.25) is 14.4 Å². The normalized spacial score (nSPS) is 22.8. The molecule has 0 bridgehead atoms. The van der Waals surface area contributed by atoms with Crippen LogP contribution in [-0.2, 0) is 16.1 Å². The van der Waals surface area contributed by atoms with E-state index in [2.05, 4.69) is 0 Å². The lowest BCUT2D eigenvalue weighted by Crippen LogP contribution is -2.66. The van der Waals surface area contributed by atoms with Crippen molar-refractivity contribution in [2.75, 3.05) is 0 Å². The molecule has 2 amide bonds. The van der Waals surface area contributed by atoms with Gasteiger partial charge >= 0.3 is 6.18 Å². The van der Waals surface area contributed by atoms with Crippen molar-refractivity contribution < 1.29 is 27.6 Å². The van der Waals surface area contributed by atoms with Gasteiger partial charge in [0, 0.05) is 12.1 Å². The van der Waals surface area contributed by atoms with E-state index in [1.807, 2.05) is 5.32 Å². The fraction of sp³-hybridized carbons (Fsp3) is 0.348. The number of allylic oxidation sites excluding steroid dienone is 1. The first-order valence-corrected chi connectivity index (χ1v) is 10.9. The lowest BCUT2D eigenvalue weighted by molar-refractivity contribution is -0.190. The summed E-state index contributed by atoms with van der Waals surface area (Å²) in [5, 5.41) is 3.48. The number of hydrogen-bond acceptors (Lipinski definition) is 4. The Morgan fingerprint density at radius 1 is 1.09 bits per heavy atom. The number of Topliss-reactive ketones (excluding diaryl/α,β-unsaturated/α-hetero) is 1. The van der Waals surface area contributed by atoms with E-state index >= 15 is 0 Å². The molecule has 0 fully saturated rings. The van der Waals surface area contributed by atoms with Crippen LogP contribution in [0.3, 0.4) is 0 Å². The predicted octanol–water partition coefficient (Wildman–Crippen LogP) is 4.46. The lowest BCUT2D eigenvalue weighted by Gasteiger charge is -2.35. The number of benzene rings is 1. The van der Waals surface area contributed by atoms with Crippen LogP contribution in [0.4, 0.5) is 13.2 Å². The summed E-state index contributed by atoms with van der Waals surface area (Å²) < 4.78 is 44.0. The van der Waals surface area contributed by atoms with E-state index in [0.717, 1.165) is 16.2 Å². The Balaban J connectivity index is 1.88. The van der Waals surface area contributed by atoms with E-state index in [1.165, 1.54) is 12.1 Å². The van der Waals surface area contributed by atoms with Gasteiger partial charge in [-0.1, -0.05) is 50.2 Å². The van der Waals surface area contributed by atoms with E-state index in [-0.39, 0.29) is 30.0 Å². The van der Waals surface area contributed by atoms with Crippen LogP contribution in [0.25, 0.3) is 0 Å². The van der Waals surface area contributed by atoms with Gasteiger partial charge in [0.2, 0.25) is 5.54 Å². The summed E-state index contributed by atoms with van der Waals surface area (Å²) in [5.41, 5.74) is -4.04. The second kappa shape index (κ2) is 7.58. The summed E-state index contributed by atoms with van der Waals surface area (Å²) in [6, 6.07) is 11.5. The lowest BCUT2D eigenvalue weighted by atomic mass is 9.72. The number of nitrogens with zero attached hydrogens (tertiary/aromatic N) is 1. The van der Waals surface area contributed by atoms with Gasteiger partial charge in [0.25, 0.3) is 11.8 Å². The van der Waals surface area contributed by atoms with Crippen LogP contribution >= 0.6 is 11.3 Å². The SMILES string of the molecule is CC1(C)CC(=O)C2=C(C1)N(Cc1ccccc1)C(=O)[C@@]2(NC(=O)c1cccs1)C(F)(F)F. The molecule has 0 spiro atoms. The third-order valence-corrected chi connectivity index (χ3v) is 6.64. The maximum Gasteiger partial charge on any atom is 0.425 e. The highest BCUT2D eigenvalue weighted by molar-refractivity contribution is 7.12. The molecule has 1 N–H and O–H groups in total. The number of alkyl halides is 3. The van der Waals surface area contributed by atoms with Crippen molar-refractivity contribution in [3.63, 3.8) is 0 Å². The monoisotopic (exact) mass is 462 g/mol. The minimum atomic E-state index is -5.21. The second-order valence-corrected chi connectivity index (χ2v) is 9.77. The maximum atomic E-state index is 14.7. The molecule has 1 aromatic carbocycles. The van der Waals surface area contributed by atoms with Crippen LogP contribution in [0, 0.1) is 5.41 Å². The molecule has 4 rings (SSSR count). The Hall–Kier alpha value is -2.94. The Morgan fingerprint density at radius 3 is 2.38 bits per heavy atom. The van der Waals surface area contributed by atoms with E-state index in [1.54, 1.807) is 49.6 Å². The van der Waals surface area contributed by atoms with Crippen LogP contribution in [0.1, 0.15) is 41.9 Å². The first-order chi connectivity index (χ1) is 15.0. The third-order valence-electron chi connectivity index (χ3n) is 5.77. The van der Waals surface area contributed by atoms with E-state index in [4.69, 9.17) is 0 Å². The van der Waals surface area contributed by atoms with Crippen LogP contribution < -0.4 is 5.32 Å². The molecular weight excluding hydrogens is 441 g/mol. The van der Waals surface area contributed by atoms with Crippen molar-refractivity contribution in [1.82, 2.24) is 10.2 Å². The number of carbonyl (C=O) groups is 3. The van der Waals surface area contributed by atoms with Crippen LogP contribution in [0.5, 0.6) is 0 Å². The molecule has 2 heterocycles. The topological polar surface area (TPSA) is 66.5 Å². The van der Waals surface area contributed by atoms with Crippen molar-refractivity contribution >= 4 is 28.9 Å². The molecule has 2 aromatic rings. The molecule has 168 valence electrons. The Morgan fingerprint density at radius 2 is 1.78 bits per heavy atom. The first kappa shape index (κ1) is 22.3. The third kappa shape index (κ3) is 3.54. The zero-order valence-electron chi connectivity index (χ0n) is 17.5. The van der Waals surface area contributed by atoms with Gasteiger partial charge in [-0.2, -0.15) is 13.2 Å². The largest absolute Gasteiger partial charge is 0.425 e. The standard InChI is InChI=1S/C23H21F3N2O3S/c1-21(2)11-15-18(16(29)12-21)22(23(24,25)26,27-19(30)17-9-6-10-32-17)20(31)28(15)13-14-7-4-3-5-8-14/h3-10H,11-13H2,1-2H3,(H,27,30)/t22-/m1/s1. The Bertz CT molecular complexity index is 1110. The molecule has 1 aliphatic carbocycles. The number of thiophene rings is 1. The average Bonchev–Trinajstić information content (AvgIpc) is 3.30. The molecule has 0 saturated heterocycles. The maximum absolute atomic E-state index is 14.7. The van der Waals surface area contributed by atoms with Crippen LogP contribution in [0.15, 0.2) is 59.1 Å². The number of rotatable bonds is 4. The van der Waals surface area contributed by atoms with Gasteiger partial charge in [0.15, 0.2) is 5.78 Å².